The first-order valence-corrected chi connectivity index (χ1v) is 8.18. The number of amides is 1. The van der Waals surface area contributed by atoms with Crippen LogP contribution in [0, 0.1) is 5.82 Å². The molecule has 1 aliphatic rings. The number of rotatable bonds is 4. The zero-order chi connectivity index (χ0) is 16.1. The zero-order valence-corrected chi connectivity index (χ0v) is 13.1. The van der Waals surface area contributed by atoms with Gasteiger partial charge in [-0.1, -0.05) is 18.2 Å². The van der Waals surface area contributed by atoms with Crippen molar-refractivity contribution in [1.82, 2.24) is 9.88 Å². The molecule has 0 N–H and O–H groups in total. The average Bonchev–Trinajstić information content (AvgIpc) is 2.61. The fourth-order valence-electron chi connectivity index (χ4n) is 3.20. The van der Waals surface area contributed by atoms with Crippen molar-refractivity contribution in [3.05, 3.63) is 65.7 Å². The summed E-state index contributed by atoms with van der Waals surface area (Å²) < 4.78 is 13.1. The molecule has 1 aliphatic heterocycles. The lowest BCUT2D eigenvalue weighted by molar-refractivity contribution is -0.135. The topological polar surface area (TPSA) is 33.2 Å². The Labute approximate surface area is 136 Å². The number of piperidine rings is 1. The van der Waals surface area contributed by atoms with Crippen molar-refractivity contribution in [2.75, 3.05) is 6.54 Å². The first-order valence-electron chi connectivity index (χ1n) is 8.18. The van der Waals surface area contributed by atoms with Crippen molar-refractivity contribution in [1.29, 1.82) is 0 Å². The minimum Gasteiger partial charge on any atom is -0.336 e. The highest BCUT2D eigenvalue weighted by Gasteiger charge is 2.27. The van der Waals surface area contributed by atoms with Gasteiger partial charge in [0.2, 0.25) is 5.91 Å². The van der Waals surface area contributed by atoms with Crippen LogP contribution in [0.3, 0.4) is 0 Å². The summed E-state index contributed by atoms with van der Waals surface area (Å²) in [5.41, 5.74) is 2.11. The second kappa shape index (κ2) is 7.36. The van der Waals surface area contributed by atoms with Crippen molar-refractivity contribution in [2.24, 2.45) is 0 Å². The number of carbonyl (C=O) groups excluding carboxylic acids is 1. The third-order valence-corrected chi connectivity index (χ3v) is 4.43. The Morgan fingerprint density at radius 3 is 2.78 bits per heavy atom. The second-order valence-electron chi connectivity index (χ2n) is 6.01. The number of hydrogen-bond acceptors (Lipinski definition) is 2. The summed E-state index contributed by atoms with van der Waals surface area (Å²) in [5.74, 6) is -0.0677. The Hall–Kier alpha value is -2.23. The predicted octanol–water partition coefficient (Wildman–Crippen LogP) is 3.91. The van der Waals surface area contributed by atoms with E-state index >= 15 is 0 Å². The van der Waals surface area contributed by atoms with Crippen molar-refractivity contribution in [3.8, 4) is 0 Å². The van der Waals surface area contributed by atoms with Crippen LogP contribution in [0.2, 0.25) is 0 Å². The molecule has 1 atom stereocenters. The number of benzene rings is 1. The van der Waals surface area contributed by atoms with E-state index in [-0.39, 0.29) is 17.8 Å². The van der Waals surface area contributed by atoms with Crippen LogP contribution in [0.25, 0.3) is 0 Å². The van der Waals surface area contributed by atoms with Crippen molar-refractivity contribution < 1.29 is 9.18 Å². The summed E-state index contributed by atoms with van der Waals surface area (Å²) in [6.45, 7) is 0.786. The minimum atomic E-state index is -0.237. The summed E-state index contributed by atoms with van der Waals surface area (Å²) >= 11 is 0. The molecule has 0 spiro atoms. The molecule has 1 aromatic carbocycles. The van der Waals surface area contributed by atoms with Gasteiger partial charge in [0, 0.05) is 25.4 Å². The molecule has 1 aromatic heterocycles. The molecule has 2 heterocycles. The largest absolute Gasteiger partial charge is 0.336 e. The Morgan fingerprint density at radius 2 is 2.04 bits per heavy atom. The molecule has 23 heavy (non-hydrogen) atoms. The van der Waals surface area contributed by atoms with E-state index in [0.717, 1.165) is 36.9 Å². The number of aromatic nitrogens is 1. The van der Waals surface area contributed by atoms with Gasteiger partial charge >= 0.3 is 0 Å². The lowest BCUT2D eigenvalue weighted by Gasteiger charge is -2.36. The number of aryl methyl sites for hydroxylation is 1. The van der Waals surface area contributed by atoms with Crippen molar-refractivity contribution >= 4 is 5.91 Å². The van der Waals surface area contributed by atoms with E-state index in [2.05, 4.69) is 4.98 Å². The second-order valence-corrected chi connectivity index (χ2v) is 6.01. The van der Waals surface area contributed by atoms with E-state index in [1.165, 1.54) is 12.1 Å². The maximum absolute atomic E-state index is 13.1. The van der Waals surface area contributed by atoms with E-state index in [0.29, 0.717) is 12.8 Å². The molecular weight excluding hydrogens is 291 g/mol. The van der Waals surface area contributed by atoms with Gasteiger partial charge in [0.25, 0.3) is 0 Å². The first-order chi connectivity index (χ1) is 11.2. The Kier molecular flexibility index (Phi) is 5.01. The van der Waals surface area contributed by atoms with Crippen LogP contribution in [-0.2, 0) is 11.2 Å². The van der Waals surface area contributed by atoms with Gasteiger partial charge in [0.1, 0.15) is 5.82 Å². The molecule has 0 bridgehead atoms. The van der Waals surface area contributed by atoms with Gasteiger partial charge in [-0.2, -0.15) is 0 Å². The fourth-order valence-corrected chi connectivity index (χ4v) is 3.20. The number of hydrogen-bond donors (Lipinski definition) is 0. The number of halogens is 1. The normalized spacial score (nSPS) is 18.0. The first kappa shape index (κ1) is 15.7. The molecule has 0 radical (unpaired) electrons. The molecule has 4 heteroatoms. The quantitative estimate of drug-likeness (QED) is 0.857. The molecule has 120 valence electrons. The summed E-state index contributed by atoms with van der Waals surface area (Å²) in [4.78, 5) is 18.7. The highest BCUT2D eigenvalue weighted by Crippen LogP contribution is 2.31. The highest BCUT2D eigenvalue weighted by atomic mass is 19.1. The Morgan fingerprint density at radius 1 is 1.22 bits per heavy atom. The minimum absolute atomic E-state index is 0.0748. The number of carbonyl (C=O) groups is 1. The van der Waals surface area contributed by atoms with Gasteiger partial charge in [-0.15, -0.1) is 0 Å². The average molecular weight is 312 g/mol. The van der Waals surface area contributed by atoms with Gasteiger partial charge in [0.05, 0.1) is 6.04 Å². The van der Waals surface area contributed by atoms with Crippen LogP contribution < -0.4 is 0 Å². The standard InChI is InChI=1S/C19H21FN2O/c20-17-9-7-16(8-10-17)18-5-1-2-13-22(18)19(23)11-6-15-4-3-12-21-14-15/h3-4,7-10,12,14,18H,1-2,5-6,11,13H2/t18-/m0/s1. The van der Waals surface area contributed by atoms with Crippen LogP contribution in [0.15, 0.2) is 48.8 Å². The van der Waals surface area contributed by atoms with Gasteiger partial charge < -0.3 is 4.90 Å². The van der Waals surface area contributed by atoms with Crippen LogP contribution in [0.1, 0.15) is 42.9 Å². The van der Waals surface area contributed by atoms with E-state index in [9.17, 15) is 9.18 Å². The van der Waals surface area contributed by atoms with E-state index < -0.39 is 0 Å². The molecule has 0 unspecified atom stereocenters. The third kappa shape index (κ3) is 3.95. The Bertz CT molecular complexity index is 642. The number of likely N-dealkylation sites (tertiary alicyclic amines) is 1. The molecule has 1 saturated heterocycles. The van der Waals surface area contributed by atoms with Gasteiger partial charge in [-0.05, 0) is 55.0 Å². The van der Waals surface area contributed by atoms with Crippen LogP contribution in [0.4, 0.5) is 4.39 Å². The molecule has 0 aliphatic carbocycles. The molecule has 1 fully saturated rings. The monoisotopic (exact) mass is 312 g/mol. The highest BCUT2D eigenvalue weighted by molar-refractivity contribution is 5.77. The van der Waals surface area contributed by atoms with E-state index in [4.69, 9.17) is 0 Å². The summed E-state index contributed by atoms with van der Waals surface area (Å²) in [6, 6.07) is 10.5. The maximum Gasteiger partial charge on any atom is 0.223 e. The summed E-state index contributed by atoms with van der Waals surface area (Å²) in [6.07, 6.45) is 7.83. The number of nitrogens with zero attached hydrogens (tertiary/aromatic N) is 2. The molecular formula is C19H21FN2O. The molecule has 3 nitrogen and oxygen atoms in total. The Balaban J connectivity index is 1.68. The van der Waals surface area contributed by atoms with Gasteiger partial charge in [0.15, 0.2) is 0 Å². The van der Waals surface area contributed by atoms with E-state index in [1.807, 2.05) is 17.0 Å². The summed E-state index contributed by atoms with van der Waals surface area (Å²) in [7, 11) is 0. The molecule has 1 amide bonds. The van der Waals surface area contributed by atoms with E-state index in [1.54, 1.807) is 24.5 Å². The smallest absolute Gasteiger partial charge is 0.223 e. The lowest BCUT2D eigenvalue weighted by atomic mass is 9.94. The molecule has 2 aromatic rings. The fraction of sp³-hybridized carbons (Fsp3) is 0.368. The van der Waals surface area contributed by atoms with Crippen molar-refractivity contribution in [2.45, 2.75) is 38.1 Å². The van der Waals surface area contributed by atoms with Crippen LogP contribution in [0.5, 0.6) is 0 Å². The SMILES string of the molecule is O=C(CCc1cccnc1)N1CCCC[C@H]1c1ccc(F)cc1. The summed E-state index contributed by atoms with van der Waals surface area (Å²) in [5, 5.41) is 0. The van der Waals surface area contributed by atoms with Crippen molar-refractivity contribution in [3.63, 3.8) is 0 Å². The van der Waals surface area contributed by atoms with Crippen LogP contribution in [-0.4, -0.2) is 22.3 Å². The molecule has 3 rings (SSSR count). The lowest BCUT2D eigenvalue weighted by Crippen LogP contribution is -2.38. The predicted molar refractivity (Wildman–Crippen MR) is 87.3 cm³/mol. The zero-order valence-electron chi connectivity index (χ0n) is 13.1. The van der Waals surface area contributed by atoms with Gasteiger partial charge in [-0.3, -0.25) is 9.78 Å². The maximum atomic E-state index is 13.1. The third-order valence-electron chi connectivity index (χ3n) is 4.43. The molecule has 0 saturated carbocycles. The van der Waals surface area contributed by atoms with Gasteiger partial charge in [-0.25, -0.2) is 4.39 Å². The number of pyridine rings is 1. The van der Waals surface area contributed by atoms with Crippen LogP contribution >= 0.6 is 0 Å².